The van der Waals surface area contributed by atoms with Crippen molar-refractivity contribution in [3.8, 4) is 0 Å². The summed E-state index contributed by atoms with van der Waals surface area (Å²) in [5.41, 5.74) is 0.482. The van der Waals surface area contributed by atoms with Gasteiger partial charge in [0.2, 0.25) is 5.91 Å². The molecule has 2 rings (SSSR count). The molecule has 0 aliphatic heterocycles. The second-order valence-corrected chi connectivity index (χ2v) is 6.10. The summed E-state index contributed by atoms with van der Waals surface area (Å²) in [5.74, 6) is -2.95. The minimum atomic E-state index is -2.50. The molecule has 0 radical (unpaired) electrons. The van der Waals surface area contributed by atoms with Crippen LogP contribution in [0.5, 0.6) is 0 Å². The molecule has 9 heteroatoms. The van der Waals surface area contributed by atoms with Crippen molar-refractivity contribution in [3.05, 3.63) is 58.6 Å². The van der Waals surface area contributed by atoms with Gasteiger partial charge in [-0.2, -0.15) is 8.78 Å². The lowest BCUT2D eigenvalue weighted by molar-refractivity contribution is -0.383. The zero-order valence-corrected chi connectivity index (χ0v) is 13.9. The highest BCUT2D eigenvalue weighted by Crippen LogP contribution is 2.26. The van der Waals surface area contributed by atoms with Crippen LogP contribution in [0.15, 0.2) is 53.4 Å². The minimum absolute atomic E-state index is 0.106. The maximum absolute atomic E-state index is 12.3. The molecule has 0 heterocycles. The third kappa shape index (κ3) is 5.42. The van der Waals surface area contributed by atoms with Crippen molar-refractivity contribution in [3.63, 3.8) is 0 Å². The van der Waals surface area contributed by atoms with Crippen molar-refractivity contribution < 1.29 is 18.5 Å². The highest BCUT2D eigenvalue weighted by Gasteiger charge is 2.18. The number of rotatable bonds is 7. The van der Waals surface area contributed by atoms with Gasteiger partial charge >= 0.3 is 0 Å². The fraction of sp³-hybridized carbons (Fsp3) is 0.188. The number of thioether (sulfide) groups is 1. The number of anilines is 2. The topological polar surface area (TPSA) is 84.3 Å². The molecule has 0 unspecified atom stereocenters. The molecule has 0 saturated carbocycles. The monoisotopic (exact) mass is 367 g/mol. The van der Waals surface area contributed by atoms with Gasteiger partial charge in [-0.15, -0.1) is 0 Å². The lowest BCUT2D eigenvalue weighted by atomic mass is 10.2. The second-order valence-electron chi connectivity index (χ2n) is 5.03. The molecule has 2 aromatic rings. The lowest BCUT2D eigenvalue weighted by Gasteiger charge is -2.15. The van der Waals surface area contributed by atoms with Crippen LogP contribution < -0.4 is 10.6 Å². The largest absolute Gasteiger partial charge is 0.374 e. The number of nitrogens with zero attached hydrogens (tertiary/aromatic N) is 1. The summed E-state index contributed by atoms with van der Waals surface area (Å²) in [5, 5.41) is 16.4. The van der Waals surface area contributed by atoms with E-state index in [4.69, 9.17) is 0 Å². The molecular formula is C16H15F2N3O3S. The van der Waals surface area contributed by atoms with Crippen LogP contribution in [0.1, 0.15) is 6.92 Å². The number of halogens is 2. The Morgan fingerprint density at radius 3 is 2.40 bits per heavy atom. The summed E-state index contributed by atoms with van der Waals surface area (Å²) in [4.78, 5) is 23.0. The first-order valence-corrected chi connectivity index (χ1v) is 8.10. The summed E-state index contributed by atoms with van der Waals surface area (Å²) < 4.78 is 24.6. The molecule has 25 heavy (non-hydrogen) atoms. The van der Waals surface area contributed by atoms with Crippen molar-refractivity contribution in [2.45, 2.75) is 23.6 Å². The van der Waals surface area contributed by atoms with E-state index in [0.717, 1.165) is 0 Å². The Morgan fingerprint density at radius 1 is 1.16 bits per heavy atom. The predicted molar refractivity (Wildman–Crippen MR) is 93.1 cm³/mol. The maximum atomic E-state index is 12.3. The molecule has 0 fully saturated rings. The van der Waals surface area contributed by atoms with E-state index >= 15 is 0 Å². The number of amides is 1. The van der Waals surface area contributed by atoms with E-state index in [1.54, 1.807) is 25.1 Å². The lowest BCUT2D eigenvalue weighted by Crippen LogP contribution is -2.32. The standard InChI is InChI=1S/C16H15F2N3O3S/c1-10(19-11-6-8-12(9-7-11)25-16(17)18)15(22)20-13-4-2-3-5-14(13)21(23)24/h2-10,16,19H,1H3,(H,20,22)/t10-/m0/s1. The number of alkyl halides is 2. The Labute approximate surface area is 146 Å². The maximum Gasteiger partial charge on any atom is 0.292 e. The van der Waals surface area contributed by atoms with Crippen LogP contribution in [0, 0.1) is 10.1 Å². The molecule has 6 nitrogen and oxygen atoms in total. The summed E-state index contributed by atoms with van der Waals surface area (Å²) in [6, 6.07) is 11.4. The van der Waals surface area contributed by atoms with Crippen molar-refractivity contribution in [2.75, 3.05) is 10.6 Å². The Bertz CT molecular complexity index is 757. The van der Waals surface area contributed by atoms with E-state index in [9.17, 15) is 23.7 Å². The van der Waals surface area contributed by atoms with E-state index in [-0.39, 0.29) is 11.4 Å². The van der Waals surface area contributed by atoms with E-state index in [2.05, 4.69) is 10.6 Å². The third-order valence-corrected chi connectivity index (χ3v) is 3.94. The van der Waals surface area contributed by atoms with Gasteiger partial charge in [-0.3, -0.25) is 14.9 Å². The average molecular weight is 367 g/mol. The fourth-order valence-electron chi connectivity index (χ4n) is 2.03. The van der Waals surface area contributed by atoms with Crippen molar-refractivity contribution in [1.82, 2.24) is 0 Å². The van der Waals surface area contributed by atoms with Gasteiger partial charge in [-0.05, 0) is 37.3 Å². The van der Waals surface area contributed by atoms with Crippen molar-refractivity contribution >= 4 is 34.7 Å². The molecule has 0 aromatic heterocycles. The predicted octanol–water partition coefficient (Wildman–Crippen LogP) is 4.35. The minimum Gasteiger partial charge on any atom is -0.374 e. The molecule has 0 aliphatic rings. The normalized spacial score (nSPS) is 11.8. The summed E-state index contributed by atoms with van der Waals surface area (Å²) in [7, 11) is 0. The van der Waals surface area contributed by atoms with E-state index in [1.165, 1.54) is 30.3 Å². The van der Waals surface area contributed by atoms with E-state index in [1.807, 2.05) is 0 Å². The Kier molecular flexibility index (Phi) is 6.29. The fourth-order valence-corrected chi connectivity index (χ4v) is 2.53. The van der Waals surface area contributed by atoms with Crippen molar-refractivity contribution in [1.29, 1.82) is 0 Å². The number of benzene rings is 2. The zero-order chi connectivity index (χ0) is 18.4. The number of para-hydroxylation sites is 2. The van der Waals surface area contributed by atoms with Crippen LogP contribution in [0.25, 0.3) is 0 Å². The Balaban J connectivity index is 2.00. The van der Waals surface area contributed by atoms with Crippen LogP contribution in [-0.2, 0) is 4.79 Å². The van der Waals surface area contributed by atoms with Crippen LogP contribution in [0.4, 0.5) is 25.8 Å². The van der Waals surface area contributed by atoms with E-state index < -0.39 is 22.6 Å². The first-order valence-electron chi connectivity index (χ1n) is 7.22. The molecule has 2 N–H and O–H groups in total. The quantitative estimate of drug-likeness (QED) is 0.432. The molecule has 2 aromatic carbocycles. The average Bonchev–Trinajstić information content (AvgIpc) is 2.56. The number of nitro benzene ring substituents is 1. The summed E-state index contributed by atoms with van der Waals surface area (Å²) in [6.45, 7) is 1.59. The van der Waals surface area contributed by atoms with Crippen LogP contribution >= 0.6 is 11.8 Å². The van der Waals surface area contributed by atoms with Gasteiger partial charge in [0.05, 0.1) is 4.92 Å². The van der Waals surface area contributed by atoms with E-state index in [0.29, 0.717) is 22.3 Å². The second kappa shape index (κ2) is 8.43. The first kappa shape index (κ1) is 18.7. The van der Waals surface area contributed by atoms with Crippen LogP contribution in [0.2, 0.25) is 0 Å². The number of carbonyl (C=O) groups is 1. The number of carbonyl (C=O) groups excluding carboxylic acids is 1. The molecule has 132 valence electrons. The first-order chi connectivity index (χ1) is 11.9. The Morgan fingerprint density at radius 2 is 1.80 bits per heavy atom. The molecule has 1 amide bonds. The summed E-state index contributed by atoms with van der Waals surface area (Å²) >= 11 is 0.434. The van der Waals surface area contributed by atoms with Gasteiger partial charge in [0.25, 0.3) is 11.4 Å². The molecule has 1 atom stereocenters. The van der Waals surface area contributed by atoms with Gasteiger partial charge in [0, 0.05) is 16.6 Å². The SMILES string of the molecule is C[C@H](Nc1ccc(SC(F)F)cc1)C(=O)Nc1ccccc1[N+](=O)[O-]. The molecule has 0 aliphatic carbocycles. The summed E-state index contributed by atoms with van der Waals surface area (Å²) in [6.07, 6.45) is 0. The van der Waals surface area contributed by atoms with Crippen LogP contribution in [0.3, 0.4) is 0 Å². The number of nitrogens with one attached hydrogen (secondary N) is 2. The molecular weight excluding hydrogens is 352 g/mol. The number of nitro groups is 1. The molecule has 0 saturated heterocycles. The highest BCUT2D eigenvalue weighted by atomic mass is 32.2. The van der Waals surface area contributed by atoms with Gasteiger partial charge in [-0.1, -0.05) is 23.9 Å². The smallest absolute Gasteiger partial charge is 0.292 e. The van der Waals surface area contributed by atoms with Gasteiger partial charge in [-0.25, -0.2) is 0 Å². The Hall–Kier alpha value is -2.68. The van der Waals surface area contributed by atoms with Crippen LogP contribution in [-0.4, -0.2) is 22.6 Å². The van der Waals surface area contributed by atoms with Gasteiger partial charge < -0.3 is 10.6 Å². The van der Waals surface area contributed by atoms with Crippen molar-refractivity contribution in [2.24, 2.45) is 0 Å². The number of hydrogen-bond acceptors (Lipinski definition) is 5. The molecule has 0 spiro atoms. The van der Waals surface area contributed by atoms with Gasteiger partial charge in [0.1, 0.15) is 11.7 Å². The van der Waals surface area contributed by atoms with Gasteiger partial charge in [0.15, 0.2) is 0 Å². The third-order valence-electron chi connectivity index (χ3n) is 3.21. The number of hydrogen-bond donors (Lipinski definition) is 2. The molecule has 0 bridgehead atoms. The highest BCUT2D eigenvalue weighted by molar-refractivity contribution is 7.99. The zero-order valence-electron chi connectivity index (χ0n) is 13.1.